The number of aliphatic imine (C=N–C) groups is 1. The van der Waals surface area contributed by atoms with E-state index in [-0.39, 0.29) is 25.3 Å². The van der Waals surface area contributed by atoms with E-state index in [0.29, 0.717) is 32.5 Å². The highest BCUT2D eigenvalue weighted by Gasteiger charge is 2.18. The number of ether oxygens (including phenoxy) is 1. The van der Waals surface area contributed by atoms with Gasteiger partial charge in [-0.3, -0.25) is 4.79 Å². The molecule has 3 rings (SSSR count). The van der Waals surface area contributed by atoms with Gasteiger partial charge in [0, 0.05) is 30.6 Å². The van der Waals surface area contributed by atoms with Gasteiger partial charge in [-0.15, -0.1) is 0 Å². The van der Waals surface area contributed by atoms with Crippen LogP contribution in [0, 0.1) is 12.7 Å². The fraction of sp³-hybridized carbons (Fsp3) is 0.333. The molecule has 2 aromatic heterocycles. The van der Waals surface area contributed by atoms with Crippen molar-refractivity contribution in [3.8, 4) is 0 Å². The number of imidazole rings is 1. The standard InChI is InChI=1S/C24H25Cl2FN4O3/c1-14-8-18(26)22-30-20(13-31(22)12-14)23(34-28-5)29-11-16-10-19(27)15(9-17(16)25)6-7-21(32)33-24(2,3)4/h8-10,12-13H,5-7,11H2,1-4H3. The van der Waals surface area contributed by atoms with Crippen molar-refractivity contribution >= 4 is 47.4 Å². The molecule has 0 fully saturated rings. The van der Waals surface area contributed by atoms with Gasteiger partial charge in [0.05, 0.1) is 11.6 Å². The molecule has 0 saturated heterocycles. The lowest BCUT2D eigenvalue weighted by Crippen LogP contribution is -2.24. The molecule has 0 unspecified atom stereocenters. The van der Waals surface area contributed by atoms with Crippen molar-refractivity contribution in [2.75, 3.05) is 0 Å². The maximum Gasteiger partial charge on any atom is 0.306 e. The van der Waals surface area contributed by atoms with Gasteiger partial charge in [-0.2, -0.15) is 0 Å². The monoisotopic (exact) mass is 506 g/mol. The zero-order valence-corrected chi connectivity index (χ0v) is 20.9. The highest BCUT2D eigenvalue weighted by Crippen LogP contribution is 2.24. The van der Waals surface area contributed by atoms with Gasteiger partial charge >= 0.3 is 5.97 Å². The largest absolute Gasteiger partial charge is 0.460 e. The van der Waals surface area contributed by atoms with Crippen molar-refractivity contribution in [2.45, 2.75) is 52.7 Å². The summed E-state index contributed by atoms with van der Waals surface area (Å²) in [6.07, 6.45) is 3.76. The first-order chi connectivity index (χ1) is 16.0. The molecule has 0 atom stereocenters. The molecule has 2 heterocycles. The molecule has 0 N–H and O–H groups in total. The quantitative estimate of drug-likeness (QED) is 0.172. The first-order valence-electron chi connectivity index (χ1n) is 10.5. The second kappa shape index (κ2) is 10.5. The van der Waals surface area contributed by atoms with E-state index in [0.717, 1.165) is 5.56 Å². The normalized spacial score (nSPS) is 12.1. The van der Waals surface area contributed by atoms with Crippen LogP contribution in [0.25, 0.3) is 5.65 Å². The molecule has 0 amide bonds. The fourth-order valence-corrected chi connectivity index (χ4v) is 3.80. The first kappa shape index (κ1) is 25.6. The Hall–Kier alpha value is -2.97. The number of nitrogens with zero attached hydrogens (tertiary/aromatic N) is 4. The van der Waals surface area contributed by atoms with Gasteiger partial charge in [-0.05, 0) is 69.0 Å². The number of hydrogen-bond donors (Lipinski definition) is 0. The van der Waals surface area contributed by atoms with E-state index in [1.54, 1.807) is 37.4 Å². The highest BCUT2D eigenvalue weighted by atomic mass is 35.5. The Bertz CT molecular complexity index is 1270. The second-order valence-corrected chi connectivity index (χ2v) is 9.50. The number of fused-ring (bicyclic) bond motifs is 1. The summed E-state index contributed by atoms with van der Waals surface area (Å²) in [6.45, 7) is 10.6. The summed E-state index contributed by atoms with van der Waals surface area (Å²) in [5.74, 6) is -0.812. The Balaban J connectivity index is 1.80. The molecule has 0 radical (unpaired) electrons. The number of pyridine rings is 1. The van der Waals surface area contributed by atoms with E-state index in [9.17, 15) is 9.18 Å². The van der Waals surface area contributed by atoms with E-state index in [4.69, 9.17) is 32.8 Å². The number of hydrogen-bond acceptors (Lipinski definition) is 6. The smallest absolute Gasteiger partial charge is 0.306 e. The maximum atomic E-state index is 14.7. The van der Waals surface area contributed by atoms with Crippen LogP contribution >= 0.6 is 23.2 Å². The molecule has 0 aliphatic heterocycles. The lowest BCUT2D eigenvalue weighted by atomic mass is 10.1. The Morgan fingerprint density at radius 1 is 1.18 bits per heavy atom. The van der Waals surface area contributed by atoms with E-state index >= 15 is 0 Å². The number of oxime groups is 1. The molecule has 0 saturated carbocycles. The molecule has 10 heteroatoms. The summed E-state index contributed by atoms with van der Waals surface area (Å²) in [5, 5.41) is 4.23. The highest BCUT2D eigenvalue weighted by molar-refractivity contribution is 6.33. The number of carbonyl (C=O) groups is 1. The number of esters is 1. The molecule has 0 spiro atoms. The molecular formula is C24H25Cl2FN4O3. The Morgan fingerprint density at radius 2 is 1.91 bits per heavy atom. The summed E-state index contributed by atoms with van der Waals surface area (Å²) >= 11 is 12.6. The number of aromatic nitrogens is 2. The summed E-state index contributed by atoms with van der Waals surface area (Å²) in [6, 6.07) is 4.58. The summed E-state index contributed by atoms with van der Waals surface area (Å²) in [4.78, 5) is 25.9. The van der Waals surface area contributed by atoms with E-state index in [2.05, 4.69) is 21.8 Å². The Morgan fingerprint density at radius 3 is 2.59 bits per heavy atom. The third kappa shape index (κ3) is 6.55. The Kier molecular flexibility index (Phi) is 7.94. The third-order valence-corrected chi connectivity index (χ3v) is 5.27. The second-order valence-electron chi connectivity index (χ2n) is 8.69. The molecule has 34 heavy (non-hydrogen) atoms. The average Bonchev–Trinajstić information content (AvgIpc) is 3.15. The molecule has 0 bridgehead atoms. The third-order valence-electron chi connectivity index (χ3n) is 4.64. The van der Waals surface area contributed by atoms with Crippen LogP contribution in [0.15, 0.2) is 40.7 Å². The molecule has 0 aliphatic rings. The van der Waals surface area contributed by atoms with Crippen molar-refractivity contribution in [3.63, 3.8) is 0 Å². The van der Waals surface area contributed by atoms with Crippen molar-refractivity contribution in [1.82, 2.24) is 9.38 Å². The summed E-state index contributed by atoms with van der Waals surface area (Å²) in [7, 11) is 0. The number of aryl methyl sites for hydroxylation is 2. The van der Waals surface area contributed by atoms with Crippen LogP contribution in [0.2, 0.25) is 10.0 Å². The predicted octanol–water partition coefficient (Wildman–Crippen LogP) is 5.94. The average molecular weight is 507 g/mol. The van der Waals surface area contributed by atoms with Gasteiger partial charge in [0.25, 0.3) is 5.90 Å². The van der Waals surface area contributed by atoms with Gasteiger partial charge in [0.2, 0.25) is 0 Å². The summed E-state index contributed by atoms with van der Waals surface area (Å²) in [5.41, 5.74) is 2.02. The van der Waals surface area contributed by atoms with Crippen LogP contribution < -0.4 is 0 Å². The molecule has 3 aromatic rings. The van der Waals surface area contributed by atoms with Crippen molar-refractivity contribution in [2.24, 2.45) is 10.1 Å². The Labute approximate surface area is 207 Å². The van der Waals surface area contributed by atoms with Gasteiger partial charge in [0.1, 0.15) is 17.1 Å². The van der Waals surface area contributed by atoms with Gasteiger partial charge in [-0.1, -0.05) is 28.4 Å². The van der Waals surface area contributed by atoms with Crippen LogP contribution in [0.3, 0.4) is 0 Å². The van der Waals surface area contributed by atoms with Crippen LogP contribution in [-0.4, -0.2) is 33.6 Å². The SMILES string of the molecule is C=NOC(=NCc1cc(F)c(CCC(=O)OC(C)(C)C)cc1Cl)c1cn2cc(C)cc(Cl)c2n1. The summed E-state index contributed by atoms with van der Waals surface area (Å²) < 4.78 is 21.7. The fourth-order valence-electron chi connectivity index (χ4n) is 3.24. The maximum absolute atomic E-state index is 14.7. The molecule has 180 valence electrons. The zero-order chi connectivity index (χ0) is 25.0. The zero-order valence-electron chi connectivity index (χ0n) is 19.4. The van der Waals surface area contributed by atoms with Crippen molar-refractivity contribution in [1.29, 1.82) is 0 Å². The lowest BCUT2D eigenvalue weighted by molar-refractivity contribution is -0.154. The van der Waals surface area contributed by atoms with E-state index in [1.165, 1.54) is 12.1 Å². The van der Waals surface area contributed by atoms with Crippen LogP contribution in [-0.2, 0) is 27.3 Å². The van der Waals surface area contributed by atoms with Crippen molar-refractivity contribution < 1.29 is 18.8 Å². The predicted molar refractivity (Wildman–Crippen MR) is 131 cm³/mol. The molecular weight excluding hydrogens is 482 g/mol. The lowest BCUT2D eigenvalue weighted by Gasteiger charge is -2.19. The minimum absolute atomic E-state index is 0.00752. The van der Waals surface area contributed by atoms with E-state index in [1.807, 2.05) is 13.1 Å². The van der Waals surface area contributed by atoms with Crippen LogP contribution in [0.4, 0.5) is 4.39 Å². The topological polar surface area (TPSA) is 77.5 Å². The van der Waals surface area contributed by atoms with Gasteiger partial charge in [-0.25, -0.2) is 14.4 Å². The van der Waals surface area contributed by atoms with Gasteiger partial charge < -0.3 is 14.0 Å². The molecule has 0 aliphatic carbocycles. The minimum atomic E-state index is -0.597. The minimum Gasteiger partial charge on any atom is -0.460 e. The molecule has 7 nitrogen and oxygen atoms in total. The number of halogens is 3. The van der Waals surface area contributed by atoms with Crippen molar-refractivity contribution in [3.05, 3.63) is 68.8 Å². The van der Waals surface area contributed by atoms with E-state index < -0.39 is 17.4 Å². The molecule has 1 aromatic carbocycles. The first-order valence-corrected chi connectivity index (χ1v) is 11.2. The number of carbonyl (C=O) groups excluding carboxylic acids is 1. The number of benzene rings is 1. The number of rotatable bonds is 7. The van der Waals surface area contributed by atoms with Crippen LogP contribution in [0.5, 0.6) is 0 Å². The van der Waals surface area contributed by atoms with Gasteiger partial charge in [0.15, 0.2) is 5.65 Å². The van der Waals surface area contributed by atoms with Crippen LogP contribution in [0.1, 0.15) is 49.6 Å².